The third kappa shape index (κ3) is 7.44. The summed E-state index contributed by atoms with van der Waals surface area (Å²) in [4.78, 5) is 36.0. The second-order valence-electron chi connectivity index (χ2n) is 8.67. The number of hydrogen-bond donors (Lipinski definition) is 4. The molecule has 1 saturated heterocycles. The number of urea groups is 1. The lowest BCUT2D eigenvalue weighted by Gasteiger charge is -2.18. The normalized spacial score (nSPS) is 13.3. The number of anilines is 4. The average Bonchev–Trinajstić information content (AvgIpc) is 3.45. The summed E-state index contributed by atoms with van der Waals surface area (Å²) in [7, 11) is 0. The number of hydrogen-bond acceptors (Lipinski definition) is 7. The van der Waals surface area contributed by atoms with Gasteiger partial charge in [0, 0.05) is 30.2 Å². The van der Waals surface area contributed by atoms with Crippen LogP contribution >= 0.6 is 15.9 Å². The zero-order valence-corrected chi connectivity index (χ0v) is 22.2. The lowest BCUT2D eigenvalue weighted by molar-refractivity contribution is -0.117. The van der Waals surface area contributed by atoms with Crippen molar-refractivity contribution in [2.24, 2.45) is 5.73 Å². The summed E-state index contributed by atoms with van der Waals surface area (Å²) < 4.78 is 5.99. The van der Waals surface area contributed by atoms with Gasteiger partial charge in [-0.25, -0.2) is 9.78 Å². The Hall–Kier alpha value is -4.14. The molecule has 1 aliphatic heterocycles. The van der Waals surface area contributed by atoms with Gasteiger partial charge in [-0.2, -0.15) is 4.98 Å². The van der Waals surface area contributed by atoms with Crippen LogP contribution in [-0.4, -0.2) is 52.5 Å². The van der Waals surface area contributed by atoms with E-state index in [0.717, 1.165) is 18.4 Å². The third-order valence-electron chi connectivity index (χ3n) is 5.74. The van der Waals surface area contributed by atoms with Crippen molar-refractivity contribution in [1.29, 1.82) is 0 Å². The van der Waals surface area contributed by atoms with Gasteiger partial charge in [-0.15, -0.1) is 6.42 Å². The van der Waals surface area contributed by atoms with Gasteiger partial charge in [-0.1, -0.05) is 36.3 Å². The van der Waals surface area contributed by atoms with E-state index in [-0.39, 0.29) is 30.4 Å². The number of aromatic nitrogens is 2. The van der Waals surface area contributed by atoms with Crippen molar-refractivity contribution in [1.82, 2.24) is 14.9 Å². The number of nitrogens with one attached hydrogen (secondary N) is 3. The zero-order chi connectivity index (χ0) is 26.9. The van der Waals surface area contributed by atoms with E-state index in [4.69, 9.17) is 16.9 Å². The molecule has 1 aromatic heterocycles. The Bertz CT molecular complexity index is 1320. The van der Waals surface area contributed by atoms with E-state index in [0.29, 0.717) is 41.0 Å². The van der Waals surface area contributed by atoms with Gasteiger partial charge in [0.2, 0.25) is 17.7 Å². The fourth-order valence-corrected chi connectivity index (χ4v) is 4.22. The molecule has 0 bridgehead atoms. The van der Waals surface area contributed by atoms with Gasteiger partial charge in [0.15, 0.2) is 6.61 Å². The Morgan fingerprint density at radius 2 is 1.79 bits per heavy atom. The number of benzene rings is 2. The first-order valence-electron chi connectivity index (χ1n) is 12.1. The van der Waals surface area contributed by atoms with Crippen LogP contribution in [0, 0.1) is 12.3 Å². The highest BCUT2D eigenvalue weighted by Gasteiger charge is 2.19. The molecule has 5 N–H and O–H groups in total. The summed E-state index contributed by atoms with van der Waals surface area (Å²) in [6, 6.07) is 13.7. The molecule has 0 saturated carbocycles. The first-order chi connectivity index (χ1) is 18.4. The number of terminal acetylenes is 1. The lowest BCUT2D eigenvalue weighted by atomic mass is 10.1. The molecule has 0 radical (unpaired) electrons. The van der Waals surface area contributed by atoms with Crippen LogP contribution in [0.5, 0.6) is 5.88 Å². The predicted octanol–water partition coefficient (Wildman–Crippen LogP) is 4.13. The molecule has 3 aromatic rings. The largest absolute Gasteiger partial charge is 0.464 e. The second-order valence-corrected chi connectivity index (χ2v) is 9.53. The van der Waals surface area contributed by atoms with E-state index >= 15 is 0 Å². The van der Waals surface area contributed by atoms with Gasteiger partial charge in [0.1, 0.15) is 0 Å². The summed E-state index contributed by atoms with van der Waals surface area (Å²) in [5.41, 5.74) is 8.59. The number of nitrogens with two attached hydrogens (primary N) is 1. The first-order valence-corrected chi connectivity index (χ1v) is 12.9. The molecule has 0 aliphatic carbocycles. The minimum atomic E-state index is -0.762. The number of carbonyl (C=O) groups is 2. The molecule has 196 valence electrons. The monoisotopic (exact) mass is 577 g/mol. The lowest BCUT2D eigenvalue weighted by Crippen LogP contribution is -2.37. The molecule has 0 spiro atoms. The quantitative estimate of drug-likeness (QED) is 0.281. The molecule has 1 fully saturated rings. The van der Waals surface area contributed by atoms with E-state index in [2.05, 4.69) is 47.8 Å². The minimum absolute atomic E-state index is 0.0481. The highest BCUT2D eigenvalue weighted by atomic mass is 79.9. The second kappa shape index (κ2) is 12.9. The highest BCUT2D eigenvalue weighted by molar-refractivity contribution is 9.10. The van der Waals surface area contributed by atoms with Crippen LogP contribution in [0.25, 0.3) is 0 Å². The smallest absolute Gasteiger partial charge is 0.321 e. The standard InChI is InChI=1S/C27H28BrN7O3/c1-2-12-38-25-22(28)17-30-26(34-25)32-20-14-19(15-21(16-20)33-27(37)35-10-6-7-11-35)31-24(36)23(29)13-18-8-4-3-5-9-18/h1,3-5,8-9,14-17,23H,6-7,10-13,29H2,(H,31,36)(H,33,37)(H,30,32,34)/t23-/m1/s1. The SMILES string of the molecule is C#CCOc1nc(Nc2cc(NC(=O)[C@H](N)Cc3ccccc3)cc(NC(=O)N3CCCC3)c2)ncc1Br. The molecule has 11 heteroatoms. The van der Waals surface area contributed by atoms with Crippen molar-refractivity contribution in [2.45, 2.75) is 25.3 Å². The van der Waals surface area contributed by atoms with Crippen LogP contribution in [-0.2, 0) is 11.2 Å². The number of amides is 3. The Kier molecular flexibility index (Phi) is 9.13. The van der Waals surface area contributed by atoms with E-state index in [9.17, 15) is 9.59 Å². The van der Waals surface area contributed by atoms with E-state index in [1.165, 1.54) is 6.20 Å². The van der Waals surface area contributed by atoms with Gasteiger partial charge < -0.3 is 31.3 Å². The number of nitrogens with zero attached hydrogens (tertiary/aromatic N) is 3. The Labute approximate surface area is 229 Å². The van der Waals surface area contributed by atoms with Crippen molar-refractivity contribution >= 4 is 50.9 Å². The van der Waals surface area contributed by atoms with Crippen LogP contribution in [0.3, 0.4) is 0 Å². The molecule has 4 rings (SSSR count). The topological polar surface area (TPSA) is 134 Å². The van der Waals surface area contributed by atoms with Gasteiger partial charge in [0.25, 0.3) is 0 Å². The van der Waals surface area contributed by atoms with Crippen LogP contribution in [0.4, 0.5) is 27.8 Å². The zero-order valence-electron chi connectivity index (χ0n) is 20.6. The summed E-state index contributed by atoms with van der Waals surface area (Å²) in [5, 5.41) is 8.86. The fourth-order valence-electron chi connectivity index (χ4n) is 3.91. The minimum Gasteiger partial charge on any atom is -0.464 e. The highest BCUT2D eigenvalue weighted by Crippen LogP contribution is 2.28. The predicted molar refractivity (Wildman–Crippen MR) is 150 cm³/mol. The van der Waals surface area contributed by atoms with Gasteiger partial charge >= 0.3 is 6.03 Å². The molecule has 2 heterocycles. The van der Waals surface area contributed by atoms with Crippen molar-refractivity contribution in [2.75, 3.05) is 35.6 Å². The van der Waals surface area contributed by atoms with Crippen molar-refractivity contribution < 1.29 is 14.3 Å². The van der Waals surface area contributed by atoms with E-state index in [1.807, 2.05) is 30.3 Å². The van der Waals surface area contributed by atoms with E-state index < -0.39 is 6.04 Å². The number of carbonyl (C=O) groups excluding carboxylic acids is 2. The molecule has 10 nitrogen and oxygen atoms in total. The molecule has 38 heavy (non-hydrogen) atoms. The molecule has 2 aromatic carbocycles. The molecular formula is C27H28BrN7O3. The van der Waals surface area contributed by atoms with Crippen LogP contribution in [0.1, 0.15) is 18.4 Å². The number of ether oxygens (including phenoxy) is 1. The number of rotatable bonds is 9. The van der Waals surface area contributed by atoms with Crippen LogP contribution in [0.15, 0.2) is 59.2 Å². The van der Waals surface area contributed by atoms with Gasteiger partial charge in [0.05, 0.1) is 16.7 Å². The average molecular weight is 578 g/mol. The maximum atomic E-state index is 12.9. The number of halogens is 1. The first kappa shape index (κ1) is 26.9. The van der Waals surface area contributed by atoms with E-state index in [1.54, 1.807) is 23.1 Å². The van der Waals surface area contributed by atoms with Gasteiger partial charge in [-0.05, 0) is 59.0 Å². The number of likely N-dealkylation sites (tertiary alicyclic amines) is 1. The maximum Gasteiger partial charge on any atom is 0.321 e. The summed E-state index contributed by atoms with van der Waals surface area (Å²) in [5.74, 6) is 2.55. The summed E-state index contributed by atoms with van der Waals surface area (Å²) in [6.07, 6.45) is 9.14. The van der Waals surface area contributed by atoms with Crippen molar-refractivity contribution in [3.05, 3.63) is 64.8 Å². The molecule has 0 unspecified atom stereocenters. The van der Waals surface area contributed by atoms with Gasteiger partial charge in [-0.3, -0.25) is 4.79 Å². The van der Waals surface area contributed by atoms with Crippen LogP contribution < -0.4 is 26.4 Å². The molecule has 1 aliphatic rings. The molecular weight excluding hydrogens is 550 g/mol. The maximum absolute atomic E-state index is 12.9. The third-order valence-corrected chi connectivity index (χ3v) is 6.28. The molecule has 1 atom stereocenters. The Morgan fingerprint density at radius 1 is 1.11 bits per heavy atom. The Balaban J connectivity index is 1.55. The molecule has 3 amide bonds. The Morgan fingerprint density at radius 3 is 2.50 bits per heavy atom. The summed E-state index contributed by atoms with van der Waals surface area (Å²) in [6.45, 7) is 1.45. The van der Waals surface area contributed by atoms with Crippen molar-refractivity contribution in [3.63, 3.8) is 0 Å². The fraction of sp³-hybridized carbons (Fsp3) is 0.259. The van der Waals surface area contributed by atoms with Crippen LogP contribution in [0.2, 0.25) is 0 Å². The van der Waals surface area contributed by atoms with Crippen molar-refractivity contribution in [3.8, 4) is 18.2 Å². The summed E-state index contributed by atoms with van der Waals surface area (Å²) >= 11 is 3.34.